The second-order valence-corrected chi connectivity index (χ2v) is 6.88. The van der Waals surface area contributed by atoms with Gasteiger partial charge in [0.25, 0.3) is 0 Å². The summed E-state index contributed by atoms with van der Waals surface area (Å²) in [6.45, 7) is 2.26. The summed E-state index contributed by atoms with van der Waals surface area (Å²) >= 11 is 0. The molecule has 4 heteroatoms. The number of ether oxygens (including phenoxy) is 1. The number of carbonyl (C=O) groups excluding carboxylic acids is 1. The topological polar surface area (TPSA) is 72.5 Å². The number of esters is 1. The van der Waals surface area contributed by atoms with Gasteiger partial charge in [0.15, 0.2) is 0 Å². The SMILES string of the molecule is CCC=CCC=CCC=CCC=CCC=CCCCCCC(=O)OCC(O)CN. The molecule has 1 atom stereocenters. The molecule has 0 saturated heterocycles. The molecule has 0 heterocycles. The lowest BCUT2D eigenvalue weighted by molar-refractivity contribution is -0.146. The summed E-state index contributed by atoms with van der Waals surface area (Å²) in [6.07, 6.45) is 30.7. The van der Waals surface area contributed by atoms with Crippen molar-refractivity contribution in [3.05, 3.63) is 60.8 Å². The third-order valence-corrected chi connectivity index (χ3v) is 4.12. The molecule has 4 nitrogen and oxygen atoms in total. The Kier molecular flexibility index (Phi) is 20.9. The molecule has 0 amide bonds. The van der Waals surface area contributed by atoms with E-state index in [0.29, 0.717) is 6.42 Å². The van der Waals surface area contributed by atoms with Crippen molar-refractivity contribution < 1.29 is 14.6 Å². The molecule has 0 aliphatic heterocycles. The molecule has 0 aliphatic carbocycles. The van der Waals surface area contributed by atoms with Gasteiger partial charge in [-0.1, -0.05) is 74.1 Å². The standard InChI is InChI=1S/C25H41NO3/c1-2-3-4-5-6-7-8-9-10-11-12-13-14-15-16-17-18-19-20-21-25(28)29-23-24(27)22-26/h3-4,6-7,9-10,12-13,15-16,24,27H,2,5,8,11,14,17-23,26H2,1H3. The first kappa shape index (κ1) is 27.1. The van der Waals surface area contributed by atoms with Crippen molar-refractivity contribution >= 4 is 5.97 Å². The monoisotopic (exact) mass is 403 g/mol. The van der Waals surface area contributed by atoms with Crippen LogP contribution in [0.15, 0.2) is 60.8 Å². The lowest BCUT2D eigenvalue weighted by Crippen LogP contribution is -2.26. The van der Waals surface area contributed by atoms with Gasteiger partial charge in [-0.05, 0) is 51.4 Å². The summed E-state index contributed by atoms with van der Waals surface area (Å²) in [5.74, 6) is -0.257. The first-order valence-corrected chi connectivity index (χ1v) is 11.0. The van der Waals surface area contributed by atoms with Crippen molar-refractivity contribution in [3.8, 4) is 0 Å². The molecule has 0 fully saturated rings. The van der Waals surface area contributed by atoms with Crippen molar-refractivity contribution in [3.63, 3.8) is 0 Å². The van der Waals surface area contributed by atoms with Crippen LogP contribution in [-0.4, -0.2) is 30.3 Å². The molecule has 0 aromatic carbocycles. The van der Waals surface area contributed by atoms with Crippen LogP contribution in [-0.2, 0) is 9.53 Å². The Morgan fingerprint density at radius 2 is 1.34 bits per heavy atom. The predicted octanol–water partition coefficient (Wildman–Crippen LogP) is 5.55. The maximum atomic E-state index is 11.4. The Bertz CT molecular complexity index is 518. The van der Waals surface area contributed by atoms with Gasteiger partial charge < -0.3 is 15.6 Å². The summed E-state index contributed by atoms with van der Waals surface area (Å²) in [6, 6.07) is 0. The minimum Gasteiger partial charge on any atom is -0.463 e. The van der Waals surface area contributed by atoms with E-state index in [9.17, 15) is 9.90 Å². The van der Waals surface area contributed by atoms with Crippen molar-refractivity contribution in [2.75, 3.05) is 13.2 Å². The normalized spacial score (nSPS) is 13.6. The number of hydrogen-bond acceptors (Lipinski definition) is 4. The maximum absolute atomic E-state index is 11.4. The van der Waals surface area contributed by atoms with E-state index in [2.05, 4.69) is 67.7 Å². The largest absolute Gasteiger partial charge is 0.463 e. The van der Waals surface area contributed by atoms with Crippen LogP contribution >= 0.6 is 0 Å². The fourth-order valence-corrected chi connectivity index (χ4v) is 2.41. The highest BCUT2D eigenvalue weighted by Gasteiger charge is 2.06. The van der Waals surface area contributed by atoms with Gasteiger partial charge in [-0.25, -0.2) is 0 Å². The molecular weight excluding hydrogens is 362 g/mol. The molecule has 0 saturated carbocycles. The molecular formula is C25H41NO3. The van der Waals surface area contributed by atoms with Gasteiger partial charge in [0, 0.05) is 13.0 Å². The lowest BCUT2D eigenvalue weighted by Gasteiger charge is -2.08. The zero-order valence-corrected chi connectivity index (χ0v) is 18.2. The molecule has 164 valence electrons. The zero-order chi connectivity index (χ0) is 21.4. The third kappa shape index (κ3) is 22.2. The second kappa shape index (κ2) is 22.4. The molecule has 0 spiro atoms. The van der Waals surface area contributed by atoms with E-state index in [4.69, 9.17) is 10.5 Å². The minimum absolute atomic E-state index is 0.00459. The van der Waals surface area contributed by atoms with Gasteiger partial charge in [-0.2, -0.15) is 0 Å². The highest BCUT2D eigenvalue weighted by Crippen LogP contribution is 2.05. The van der Waals surface area contributed by atoms with Gasteiger partial charge in [0.2, 0.25) is 0 Å². The van der Waals surface area contributed by atoms with Crippen LogP contribution in [0.5, 0.6) is 0 Å². The highest BCUT2D eigenvalue weighted by atomic mass is 16.5. The number of rotatable bonds is 18. The Morgan fingerprint density at radius 1 is 0.828 bits per heavy atom. The van der Waals surface area contributed by atoms with Crippen LogP contribution in [0.1, 0.15) is 71.1 Å². The first-order valence-electron chi connectivity index (χ1n) is 11.0. The van der Waals surface area contributed by atoms with Gasteiger partial charge in [-0.3, -0.25) is 4.79 Å². The average Bonchev–Trinajstić information content (AvgIpc) is 2.73. The number of nitrogens with two attached hydrogens (primary N) is 1. The van der Waals surface area contributed by atoms with Crippen LogP contribution in [0.2, 0.25) is 0 Å². The van der Waals surface area contributed by atoms with Crippen molar-refractivity contribution in [2.24, 2.45) is 5.73 Å². The minimum atomic E-state index is -0.755. The fraction of sp³-hybridized carbons (Fsp3) is 0.560. The molecule has 3 N–H and O–H groups in total. The van der Waals surface area contributed by atoms with E-state index in [-0.39, 0.29) is 19.1 Å². The Labute approximate surface area is 177 Å². The van der Waals surface area contributed by atoms with Gasteiger partial charge >= 0.3 is 5.97 Å². The van der Waals surface area contributed by atoms with E-state index >= 15 is 0 Å². The Hall–Kier alpha value is -1.91. The van der Waals surface area contributed by atoms with Crippen LogP contribution in [0.3, 0.4) is 0 Å². The number of aliphatic hydroxyl groups is 1. The number of aliphatic hydroxyl groups excluding tert-OH is 1. The van der Waals surface area contributed by atoms with E-state index in [1.807, 2.05) is 0 Å². The van der Waals surface area contributed by atoms with Crippen molar-refractivity contribution in [2.45, 2.75) is 77.2 Å². The zero-order valence-electron chi connectivity index (χ0n) is 18.2. The molecule has 0 aromatic rings. The van der Waals surface area contributed by atoms with E-state index in [0.717, 1.165) is 57.8 Å². The predicted molar refractivity (Wildman–Crippen MR) is 124 cm³/mol. The number of allylic oxidation sites excluding steroid dienone is 10. The molecule has 0 aromatic heterocycles. The second-order valence-electron chi connectivity index (χ2n) is 6.88. The van der Waals surface area contributed by atoms with E-state index in [1.54, 1.807) is 0 Å². The van der Waals surface area contributed by atoms with E-state index in [1.165, 1.54) is 0 Å². The van der Waals surface area contributed by atoms with Crippen LogP contribution in [0.4, 0.5) is 0 Å². The Morgan fingerprint density at radius 3 is 1.86 bits per heavy atom. The van der Waals surface area contributed by atoms with Gasteiger partial charge in [-0.15, -0.1) is 0 Å². The number of unbranched alkanes of at least 4 members (excludes halogenated alkanes) is 3. The highest BCUT2D eigenvalue weighted by molar-refractivity contribution is 5.69. The molecule has 1 unspecified atom stereocenters. The molecule has 0 radical (unpaired) electrons. The molecule has 29 heavy (non-hydrogen) atoms. The van der Waals surface area contributed by atoms with Gasteiger partial charge in [0.05, 0.1) is 0 Å². The maximum Gasteiger partial charge on any atom is 0.305 e. The van der Waals surface area contributed by atoms with Crippen LogP contribution < -0.4 is 5.73 Å². The number of hydrogen-bond donors (Lipinski definition) is 2. The van der Waals surface area contributed by atoms with Gasteiger partial charge in [0.1, 0.15) is 12.7 Å². The summed E-state index contributed by atoms with van der Waals surface area (Å²) < 4.78 is 4.93. The van der Waals surface area contributed by atoms with E-state index < -0.39 is 6.10 Å². The molecule has 0 rings (SSSR count). The third-order valence-electron chi connectivity index (χ3n) is 4.12. The lowest BCUT2D eigenvalue weighted by atomic mass is 10.1. The smallest absolute Gasteiger partial charge is 0.305 e. The molecule has 0 aliphatic rings. The summed E-state index contributed by atoms with van der Waals surface area (Å²) in [5, 5.41) is 9.22. The summed E-state index contributed by atoms with van der Waals surface area (Å²) in [5.41, 5.74) is 5.25. The summed E-state index contributed by atoms with van der Waals surface area (Å²) in [7, 11) is 0. The fourth-order valence-electron chi connectivity index (χ4n) is 2.41. The summed E-state index contributed by atoms with van der Waals surface area (Å²) in [4.78, 5) is 11.4. The van der Waals surface area contributed by atoms with Crippen molar-refractivity contribution in [1.29, 1.82) is 0 Å². The van der Waals surface area contributed by atoms with Crippen molar-refractivity contribution in [1.82, 2.24) is 0 Å². The van der Waals surface area contributed by atoms with Crippen LogP contribution in [0.25, 0.3) is 0 Å². The molecule has 0 bridgehead atoms. The van der Waals surface area contributed by atoms with Crippen LogP contribution in [0, 0.1) is 0 Å². The number of carbonyl (C=O) groups is 1. The first-order chi connectivity index (χ1) is 14.2. The average molecular weight is 404 g/mol. The quantitative estimate of drug-likeness (QED) is 0.179. The Balaban J connectivity index is 3.47.